The highest BCUT2D eigenvalue weighted by Crippen LogP contribution is 2.26. The highest BCUT2D eigenvalue weighted by molar-refractivity contribution is 6.11. The summed E-state index contributed by atoms with van der Waals surface area (Å²) in [4.78, 5) is 0. The van der Waals surface area contributed by atoms with Crippen LogP contribution in [0.2, 0.25) is 0 Å². The van der Waals surface area contributed by atoms with Gasteiger partial charge in [-0.3, -0.25) is 0 Å². The summed E-state index contributed by atoms with van der Waals surface area (Å²) in [6, 6.07) is -0.0555. The summed E-state index contributed by atoms with van der Waals surface area (Å²) in [6.07, 6.45) is -0.437. The molecule has 0 radical (unpaired) electrons. The fourth-order valence-electron chi connectivity index (χ4n) is 2.79. The lowest BCUT2D eigenvalue weighted by Gasteiger charge is -2.22. The van der Waals surface area contributed by atoms with E-state index in [1.165, 1.54) is 0 Å². The van der Waals surface area contributed by atoms with E-state index in [9.17, 15) is 10.2 Å². The van der Waals surface area contributed by atoms with Crippen molar-refractivity contribution in [3.8, 4) is 0 Å². The zero-order valence-corrected chi connectivity index (χ0v) is 11.3. The monoisotopic (exact) mass is 256 g/mol. The van der Waals surface area contributed by atoms with Crippen LogP contribution in [0.3, 0.4) is 0 Å². The van der Waals surface area contributed by atoms with Gasteiger partial charge in [-0.25, -0.2) is 0 Å². The van der Waals surface area contributed by atoms with Gasteiger partial charge in [-0.05, 0) is 12.8 Å². The number of aliphatic hydroxyl groups excluding tert-OH is 2. The molecule has 2 saturated heterocycles. The van der Waals surface area contributed by atoms with Crippen molar-refractivity contribution in [1.82, 2.24) is 0 Å². The molecule has 0 aromatic carbocycles. The molecule has 0 saturated carbocycles. The van der Waals surface area contributed by atoms with Crippen LogP contribution in [-0.2, 0) is 14.2 Å². The van der Waals surface area contributed by atoms with Crippen LogP contribution >= 0.6 is 0 Å². The Hall–Kier alpha value is -0.0701. The minimum atomic E-state index is -0.596. The van der Waals surface area contributed by atoms with E-state index in [0.29, 0.717) is 13.0 Å². The van der Waals surface area contributed by atoms with Gasteiger partial charge in [0.15, 0.2) is 0 Å². The van der Waals surface area contributed by atoms with Crippen molar-refractivity contribution >= 4 is 15.7 Å². The van der Waals surface area contributed by atoms with Crippen molar-refractivity contribution in [1.29, 1.82) is 0 Å². The molecule has 0 bridgehead atoms. The van der Waals surface area contributed by atoms with Crippen LogP contribution in [0.4, 0.5) is 0 Å². The second kappa shape index (κ2) is 5.92. The average molecular weight is 256 g/mol. The first-order valence-corrected chi connectivity index (χ1v) is 6.81. The normalized spacial score (nSPS) is 48.7. The Kier molecular flexibility index (Phi) is 4.72. The summed E-state index contributed by atoms with van der Waals surface area (Å²) < 4.78 is 16.9. The molecule has 2 rings (SSSR count). The van der Waals surface area contributed by atoms with Gasteiger partial charge >= 0.3 is 0 Å². The van der Waals surface area contributed by atoms with E-state index >= 15 is 0 Å². The van der Waals surface area contributed by atoms with Gasteiger partial charge in [0.05, 0.1) is 24.8 Å². The predicted octanol–water partition coefficient (Wildman–Crippen LogP) is -2.39. The number of ether oxygens (including phenoxy) is 3. The number of aliphatic hydroxyl groups is 2. The molecule has 0 amide bonds. The zero-order chi connectivity index (χ0) is 13.3. The largest absolute Gasteiger partial charge is 0.390 e. The highest BCUT2D eigenvalue weighted by atomic mass is 16.6. The van der Waals surface area contributed by atoms with Crippen molar-refractivity contribution in [3.05, 3.63) is 0 Å². The Morgan fingerprint density at radius 1 is 1.22 bits per heavy atom. The molecule has 102 valence electrons. The SMILES string of the molecule is B[C@@H]1O[C@H](CC)[C@H](O)C1OC[C@H]1O[C@@H](B)C[C@H]1O. The minimum absolute atomic E-state index is 0.0687. The molecule has 0 spiro atoms. The Morgan fingerprint density at radius 3 is 2.44 bits per heavy atom. The van der Waals surface area contributed by atoms with Gasteiger partial charge in [-0.15, -0.1) is 0 Å². The maximum atomic E-state index is 10.1. The molecule has 2 aliphatic rings. The van der Waals surface area contributed by atoms with Crippen molar-refractivity contribution < 1.29 is 24.4 Å². The molecular formula is C11H22B2O5. The molecule has 0 aliphatic carbocycles. The van der Waals surface area contributed by atoms with Crippen LogP contribution in [0.1, 0.15) is 19.8 Å². The van der Waals surface area contributed by atoms with Crippen LogP contribution in [0.25, 0.3) is 0 Å². The summed E-state index contributed by atoms with van der Waals surface area (Å²) in [5.74, 6) is 0. The molecule has 5 nitrogen and oxygen atoms in total. The van der Waals surface area contributed by atoms with E-state index in [-0.39, 0.29) is 30.3 Å². The number of rotatable bonds is 4. The minimum Gasteiger partial charge on any atom is -0.390 e. The summed E-state index contributed by atoms with van der Waals surface area (Å²) in [7, 11) is 3.84. The van der Waals surface area contributed by atoms with E-state index in [1.54, 1.807) is 0 Å². The molecule has 2 aliphatic heterocycles. The lowest BCUT2D eigenvalue weighted by molar-refractivity contribution is -0.0814. The third-order valence-electron chi connectivity index (χ3n) is 3.83. The quantitative estimate of drug-likeness (QED) is 0.549. The van der Waals surface area contributed by atoms with Gasteiger partial charge in [0.25, 0.3) is 0 Å². The zero-order valence-electron chi connectivity index (χ0n) is 11.3. The van der Waals surface area contributed by atoms with Crippen molar-refractivity contribution in [2.75, 3.05) is 6.61 Å². The second-order valence-corrected chi connectivity index (χ2v) is 5.36. The molecule has 7 heteroatoms. The van der Waals surface area contributed by atoms with Gasteiger partial charge in [-0.1, -0.05) is 6.92 Å². The number of hydrogen-bond acceptors (Lipinski definition) is 5. The van der Waals surface area contributed by atoms with E-state index in [4.69, 9.17) is 14.2 Å². The average Bonchev–Trinajstić information content (AvgIpc) is 2.77. The standard InChI is InChI=1S/C11H22B2O5/c1-2-6-9(15)10(11(13)18-6)16-4-7-5(14)3-8(12)17-7/h5-11,14-15H,2-4,12-13H2,1H3/t5-,6-,7-,8-,9+,10?,11-/m1/s1. The molecule has 2 heterocycles. The first kappa shape index (κ1) is 14.3. The molecule has 1 unspecified atom stereocenters. The maximum absolute atomic E-state index is 10.1. The number of hydrogen-bond donors (Lipinski definition) is 2. The third-order valence-corrected chi connectivity index (χ3v) is 3.83. The van der Waals surface area contributed by atoms with Crippen molar-refractivity contribution in [3.63, 3.8) is 0 Å². The van der Waals surface area contributed by atoms with Gasteiger partial charge in [-0.2, -0.15) is 0 Å². The van der Waals surface area contributed by atoms with Crippen LogP contribution in [0.5, 0.6) is 0 Å². The van der Waals surface area contributed by atoms with E-state index < -0.39 is 12.2 Å². The molecule has 0 aromatic heterocycles. The summed E-state index contributed by atoms with van der Waals surface area (Å²) in [5, 5.41) is 19.8. The van der Waals surface area contributed by atoms with Crippen LogP contribution in [-0.4, -0.2) is 75.0 Å². The topological polar surface area (TPSA) is 68.2 Å². The molecule has 7 atom stereocenters. The molecule has 0 aromatic rings. The van der Waals surface area contributed by atoms with E-state index in [0.717, 1.165) is 6.42 Å². The Balaban J connectivity index is 1.83. The van der Waals surface area contributed by atoms with Gasteiger partial charge in [0, 0.05) is 6.00 Å². The van der Waals surface area contributed by atoms with Crippen molar-refractivity contribution in [2.45, 2.75) is 62.3 Å². The third kappa shape index (κ3) is 2.91. The summed E-state index contributed by atoms with van der Waals surface area (Å²) >= 11 is 0. The summed E-state index contributed by atoms with van der Waals surface area (Å²) in [5.41, 5.74) is 0. The predicted molar refractivity (Wildman–Crippen MR) is 71.1 cm³/mol. The molecular weight excluding hydrogens is 234 g/mol. The van der Waals surface area contributed by atoms with E-state index in [1.807, 2.05) is 22.6 Å². The molecule has 2 N–H and O–H groups in total. The summed E-state index contributed by atoms with van der Waals surface area (Å²) in [6.45, 7) is 2.28. The van der Waals surface area contributed by atoms with Gasteiger partial charge in [0.1, 0.15) is 34.0 Å². The van der Waals surface area contributed by atoms with Crippen LogP contribution in [0, 0.1) is 0 Å². The van der Waals surface area contributed by atoms with E-state index in [2.05, 4.69) is 0 Å². The van der Waals surface area contributed by atoms with Crippen LogP contribution < -0.4 is 0 Å². The highest BCUT2D eigenvalue weighted by Gasteiger charge is 2.42. The van der Waals surface area contributed by atoms with Gasteiger partial charge in [0.2, 0.25) is 0 Å². The first-order valence-electron chi connectivity index (χ1n) is 6.81. The molecule has 2 fully saturated rings. The Morgan fingerprint density at radius 2 is 1.94 bits per heavy atom. The van der Waals surface area contributed by atoms with Crippen LogP contribution in [0.15, 0.2) is 0 Å². The first-order chi connectivity index (χ1) is 8.52. The Bertz CT molecular complexity index is 280. The smallest absolute Gasteiger partial charge is 0.142 e. The van der Waals surface area contributed by atoms with Gasteiger partial charge < -0.3 is 24.4 Å². The maximum Gasteiger partial charge on any atom is 0.142 e. The Labute approximate surface area is 110 Å². The lowest BCUT2D eigenvalue weighted by Crippen LogP contribution is -2.39. The van der Waals surface area contributed by atoms with Crippen molar-refractivity contribution in [2.24, 2.45) is 0 Å². The fourth-order valence-corrected chi connectivity index (χ4v) is 2.79. The lowest BCUT2D eigenvalue weighted by atomic mass is 9.92. The molecule has 18 heavy (non-hydrogen) atoms. The fraction of sp³-hybridized carbons (Fsp3) is 1.00. The second-order valence-electron chi connectivity index (χ2n) is 5.36.